The number of hydrogen-bond acceptors (Lipinski definition) is 2. The molecule has 0 aliphatic rings. The highest BCUT2D eigenvalue weighted by Gasteiger charge is 2.10. The van der Waals surface area contributed by atoms with Gasteiger partial charge in [-0.3, -0.25) is 9.59 Å². The standard InChI is InChI=1S/C16H14ClIN2O2/c1-2-19-15(21)10-4-3-5-12(8-10)20-16(22)11-6-7-13(17)14(18)9-11/h3-9H,2H2,1H3,(H,19,21)(H,20,22). The van der Waals surface area contributed by atoms with Crippen LogP contribution >= 0.6 is 34.2 Å². The molecule has 0 fully saturated rings. The number of nitrogens with one attached hydrogen (secondary N) is 2. The van der Waals surface area contributed by atoms with Crippen LogP contribution in [-0.2, 0) is 0 Å². The summed E-state index contributed by atoms with van der Waals surface area (Å²) in [6.45, 7) is 2.41. The van der Waals surface area contributed by atoms with Crippen LogP contribution in [0.5, 0.6) is 0 Å². The largest absolute Gasteiger partial charge is 0.352 e. The van der Waals surface area contributed by atoms with Crippen molar-refractivity contribution in [1.82, 2.24) is 5.32 Å². The first-order valence-electron chi connectivity index (χ1n) is 6.66. The minimum atomic E-state index is -0.248. The zero-order valence-corrected chi connectivity index (χ0v) is 14.7. The van der Waals surface area contributed by atoms with Gasteiger partial charge in [0.25, 0.3) is 11.8 Å². The first-order valence-corrected chi connectivity index (χ1v) is 8.11. The molecule has 4 nitrogen and oxygen atoms in total. The zero-order chi connectivity index (χ0) is 16.1. The number of hydrogen-bond donors (Lipinski definition) is 2. The van der Waals surface area contributed by atoms with Crippen LogP contribution in [0.15, 0.2) is 42.5 Å². The highest BCUT2D eigenvalue weighted by atomic mass is 127. The molecule has 0 unspecified atom stereocenters. The summed E-state index contributed by atoms with van der Waals surface area (Å²) in [4.78, 5) is 24.0. The summed E-state index contributed by atoms with van der Waals surface area (Å²) in [6.07, 6.45) is 0. The summed E-state index contributed by atoms with van der Waals surface area (Å²) in [5.74, 6) is -0.415. The van der Waals surface area contributed by atoms with E-state index in [0.29, 0.717) is 28.4 Å². The van der Waals surface area contributed by atoms with E-state index >= 15 is 0 Å². The summed E-state index contributed by atoms with van der Waals surface area (Å²) in [5.41, 5.74) is 1.58. The number of halogens is 2. The van der Waals surface area contributed by atoms with Gasteiger partial charge in [0.1, 0.15) is 0 Å². The molecule has 0 bridgehead atoms. The summed E-state index contributed by atoms with van der Waals surface area (Å²) in [6, 6.07) is 11.9. The molecule has 2 amide bonds. The molecular weight excluding hydrogens is 415 g/mol. The normalized spacial score (nSPS) is 10.1. The predicted octanol–water partition coefficient (Wildman–Crippen LogP) is 3.95. The van der Waals surface area contributed by atoms with Crippen LogP contribution in [0.3, 0.4) is 0 Å². The molecule has 2 aromatic carbocycles. The van der Waals surface area contributed by atoms with Crippen LogP contribution in [0.2, 0.25) is 5.02 Å². The Morgan fingerprint density at radius 2 is 1.82 bits per heavy atom. The van der Waals surface area contributed by atoms with Gasteiger partial charge in [0, 0.05) is 26.9 Å². The third-order valence-corrected chi connectivity index (χ3v) is 4.44. The summed E-state index contributed by atoms with van der Waals surface area (Å²) >= 11 is 8.02. The number of anilines is 1. The molecule has 2 rings (SSSR count). The van der Waals surface area contributed by atoms with Crippen molar-refractivity contribution in [2.75, 3.05) is 11.9 Å². The van der Waals surface area contributed by atoms with Gasteiger partial charge in [-0.05, 0) is 65.9 Å². The molecule has 0 aliphatic heterocycles. The molecule has 0 saturated carbocycles. The summed E-state index contributed by atoms with van der Waals surface area (Å²) < 4.78 is 0.808. The second-order valence-electron chi connectivity index (χ2n) is 4.52. The van der Waals surface area contributed by atoms with Crippen molar-refractivity contribution in [3.8, 4) is 0 Å². The topological polar surface area (TPSA) is 58.2 Å². The van der Waals surface area contributed by atoms with E-state index in [2.05, 4.69) is 33.2 Å². The summed E-state index contributed by atoms with van der Waals surface area (Å²) in [7, 11) is 0. The monoisotopic (exact) mass is 428 g/mol. The molecular formula is C16H14ClIN2O2. The van der Waals surface area contributed by atoms with E-state index in [1.54, 1.807) is 42.5 Å². The minimum Gasteiger partial charge on any atom is -0.352 e. The molecule has 0 saturated heterocycles. The van der Waals surface area contributed by atoms with Gasteiger partial charge < -0.3 is 10.6 Å². The number of rotatable bonds is 4. The second-order valence-corrected chi connectivity index (χ2v) is 6.09. The van der Waals surface area contributed by atoms with Crippen molar-refractivity contribution in [2.45, 2.75) is 6.92 Å². The SMILES string of the molecule is CCNC(=O)c1cccc(NC(=O)c2ccc(Cl)c(I)c2)c1. The molecule has 2 aromatic rings. The fraction of sp³-hybridized carbons (Fsp3) is 0.125. The van der Waals surface area contributed by atoms with E-state index in [1.807, 2.05) is 6.92 Å². The van der Waals surface area contributed by atoms with Crippen LogP contribution in [-0.4, -0.2) is 18.4 Å². The average Bonchev–Trinajstić information content (AvgIpc) is 2.50. The van der Waals surface area contributed by atoms with E-state index in [9.17, 15) is 9.59 Å². The van der Waals surface area contributed by atoms with Crippen LogP contribution in [0.25, 0.3) is 0 Å². The predicted molar refractivity (Wildman–Crippen MR) is 96.6 cm³/mol. The Kier molecular flexibility index (Phi) is 5.79. The van der Waals surface area contributed by atoms with Crippen LogP contribution in [0.4, 0.5) is 5.69 Å². The van der Waals surface area contributed by atoms with Crippen molar-refractivity contribution >= 4 is 51.7 Å². The quantitative estimate of drug-likeness (QED) is 0.725. The van der Waals surface area contributed by atoms with Crippen LogP contribution in [0.1, 0.15) is 27.6 Å². The third kappa shape index (κ3) is 4.20. The van der Waals surface area contributed by atoms with Crippen molar-refractivity contribution in [1.29, 1.82) is 0 Å². The maximum Gasteiger partial charge on any atom is 0.255 e. The van der Waals surface area contributed by atoms with Gasteiger partial charge in [0.05, 0.1) is 5.02 Å². The Morgan fingerprint density at radius 1 is 1.09 bits per heavy atom. The van der Waals surface area contributed by atoms with Crippen molar-refractivity contribution < 1.29 is 9.59 Å². The van der Waals surface area contributed by atoms with E-state index in [0.717, 1.165) is 3.57 Å². The fourth-order valence-electron chi connectivity index (χ4n) is 1.84. The Balaban J connectivity index is 2.16. The lowest BCUT2D eigenvalue weighted by atomic mass is 10.1. The van der Waals surface area contributed by atoms with Crippen molar-refractivity contribution in [3.63, 3.8) is 0 Å². The van der Waals surface area contributed by atoms with E-state index in [4.69, 9.17) is 11.6 Å². The molecule has 22 heavy (non-hydrogen) atoms. The van der Waals surface area contributed by atoms with Gasteiger partial charge in [0.2, 0.25) is 0 Å². The van der Waals surface area contributed by atoms with Crippen LogP contribution < -0.4 is 10.6 Å². The molecule has 2 N–H and O–H groups in total. The lowest BCUT2D eigenvalue weighted by Crippen LogP contribution is -2.22. The Bertz CT molecular complexity index is 719. The maximum atomic E-state index is 12.2. The van der Waals surface area contributed by atoms with E-state index in [-0.39, 0.29) is 11.8 Å². The lowest BCUT2D eigenvalue weighted by Gasteiger charge is -2.08. The molecule has 114 valence electrons. The smallest absolute Gasteiger partial charge is 0.255 e. The first-order chi connectivity index (χ1) is 10.5. The molecule has 0 atom stereocenters. The van der Waals surface area contributed by atoms with Gasteiger partial charge in [-0.2, -0.15) is 0 Å². The molecule has 0 heterocycles. The first kappa shape index (κ1) is 16.8. The number of benzene rings is 2. The molecule has 0 aromatic heterocycles. The number of carbonyl (C=O) groups excluding carboxylic acids is 2. The fourth-order valence-corrected chi connectivity index (χ4v) is 2.47. The second kappa shape index (κ2) is 7.60. The van der Waals surface area contributed by atoms with Crippen molar-refractivity contribution in [2.24, 2.45) is 0 Å². The van der Waals surface area contributed by atoms with Gasteiger partial charge in [0.15, 0.2) is 0 Å². The molecule has 0 aliphatic carbocycles. The van der Waals surface area contributed by atoms with Gasteiger partial charge in [-0.1, -0.05) is 17.7 Å². The highest BCUT2D eigenvalue weighted by molar-refractivity contribution is 14.1. The van der Waals surface area contributed by atoms with Gasteiger partial charge in [-0.25, -0.2) is 0 Å². The number of amides is 2. The average molecular weight is 429 g/mol. The molecule has 6 heteroatoms. The van der Waals surface area contributed by atoms with Crippen molar-refractivity contribution in [3.05, 3.63) is 62.2 Å². The Labute approximate surface area is 147 Å². The molecule has 0 radical (unpaired) electrons. The maximum absolute atomic E-state index is 12.2. The minimum absolute atomic E-state index is 0.167. The Morgan fingerprint density at radius 3 is 2.50 bits per heavy atom. The summed E-state index contributed by atoms with van der Waals surface area (Å²) in [5, 5.41) is 6.10. The molecule has 0 spiro atoms. The van der Waals surface area contributed by atoms with Crippen LogP contribution in [0, 0.1) is 3.57 Å². The van der Waals surface area contributed by atoms with Gasteiger partial charge in [-0.15, -0.1) is 0 Å². The number of carbonyl (C=O) groups is 2. The zero-order valence-electron chi connectivity index (χ0n) is 11.8. The van der Waals surface area contributed by atoms with E-state index in [1.165, 1.54) is 0 Å². The highest BCUT2D eigenvalue weighted by Crippen LogP contribution is 2.20. The lowest BCUT2D eigenvalue weighted by molar-refractivity contribution is 0.0954. The van der Waals surface area contributed by atoms with Gasteiger partial charge >= 0.3 is 0 Å². The third-order valence-electron chi connectivity index (χ3n) is 2.90. The Hall–Kier alpha value is -1.60. The van der Waals surface area contributed by atoms with E-state index < -0.39 is 0 Å².